The van der Waals surface area contributed by atoms with Gasteiger partial charge in [0.25, 0.3) is 0 Å². The standard InChI is InChI=1S/C24H25N3O2/c28-23(13-10-18-6-2-1-3-7-18)27-16-14-20(15-17-27)24(29)26-22-12-11-19-8-4-5-9-21(19)25-22/h1-9,11-12,20H,10,13-17H2,(H,25,26,29). The fourth-order valence-corrected chi connectivity index (χ4v) is 3.81. The molecule has 2 amide bonds. The van der Waals surface area contributed by atoms with Crippen molar-refractivity contribution in [2.45, 2.75) is 25.7 Å². The molecule has 5 heteroatoms. The van der Waals surface area contributed by atoms with Crippen molar-refractivity contribution >= 4 is 28.5 Å². The minimum Gasteiger partial charge on any atom is -0.343 e. The van der Waals surface area contributed by atoms with Crippen molar-refractivity contribution < 1.29 is 9.59 Å². The van der Waals surface area contributed by atoms with E-state index in [1.54, 1.807) is 0 Å². The number of pyridine rings is 1. The smallest absolute Gasteiger partial charge is 0.228 e. The molecule has 2 aromatic carbocycles. The van der Waals surface area contributed by atoms with Crippen LogP contribution >= 0.6 is 0 Å². The van der Waals surface area contributed by atoms with Crippen LogP contribution in [-0.4, -0.2) is 34.8 Å². The highest BCUT2D eigenvalue weighted by Gasteiger charge is 2.27. The molecule has 0 unspecified atom stereocenters. The van der Waals surface area contributed by atoms with Crippen molar-refractivity contribution in [1.29, 1.82) is 0 Å². The minimum absolute atomic E-state index is 0.0100. The Bertz CT molecular complexity index is 995. The number of anilines is 1. The Hall–Kier alpha value is -3.21. The number of rotatable bonds is 5. The van der Waals surface area contributed by atoms with Gasteiger partial charge in [-0.05, 0) is 43.0 Å². The summed E-state index contributed by atoms with van der Waals surface area (Å²) in [5.74, 6) is 0.657. The van der Waals surface area contributed by atoms with Crippen LogP contribution in [0.15, 0.2) is 66.7 Å². The summed E-state index contributed by atoms with van der Waals surface area (Å²) in [7, 11) is 0. The van der Waals surface area contributed by atoms with Gasteiger partial charge >= 0.3 is 0 Å². The second-order valence-electron chi connectivity index (χ2n) is 7.52. The predicted molar refractivity (Wildman–Crippen MR) is 114 cm³/mol. The van der Waals surface area contributed by atoms with Gasteiger partial charge in [0.15, 0.2) is 0 Å². The molecule has 1 aliphatic rings. The SMILES string of the molecule is O=C(Nc1ccc2ccccc2n1)C1CCN(C(=O)CCc2ccccc2)CC1. The van der Waals surface area contributed by atoms with Gasteiger partial charge in [-0.15, -0.1) is 0 Å². The van der Waals surface area contributed by atoms with Gasteiger partial charge in [-0.2, -0.15) is 0 Å². The number of benzene rings is 2. The van der Waals surface area contributed by atoms with Crippen LogP contribution in [0.4, 0.5) is 5.82 Å². The molecule has 1 fully saturated rings. The van der Waals surface area contributed by atoms with E-state index in [0.29, 0.717) is 38.2 Å². The topological polar surface area (TPSA) is 62.3 Å². The maximum absolute atomic E-state index is 12.6. The van der Waals surface area contributed by atoms with E-state index in [0.717, 1.165) is 17.3 Å². The van der Waals surface area contributed by atoms with Gasteiger partial charge in [-0.1, -0.05) is 48.5 Å². The molecular formula is C24H25N3O2. The molecule has 0 bridgehead atoms. The fourth-order valence-electron chi connectivity index (χ4n) is 3.81. The summed E-state index contributed by atoms with van der Waals surface area (Å²) in [4.78, 5) is 31.5. The van der Waals surface area contributed by atoms with E-state index in [1.807, 2.05) is 71.6 Å². The van der Waals surface area contributed by atoms with Crippen LogP contribution in [0.2, 0.25) is 0 Å². The summed E-state index contributed by atoms with van der Waals surface area (Å²) in [6.45, 7) is 1.27. The quantitative estimate of drug-likeness (QED) is 0.719. The molecule has 1 saturated heterocycles. The number of para-hydroxylation sites is 1. The monoisotopic (exact) mass is 387 g/mol. The first-order valence-electron chi connectivity index (χ1n) is 10.2. The Morgan fingerprint density at radius 1 is 0.931 bits per heavy atom. The van der Waals surface area contributed by atoms with Gasteiger partial charge in [0.1, 0.15) is 5.82 Å². The van der Waals surface area contributed by atoms with Crippen LogP contribution in [0, 0.1) is 5.92 Å². The molecule has 0 saturated carbocycles. The molecule has 0 radical (unpaired) electrons. The van der Waals surface area contributed by atoms with Crippen LogP contribution in [0.1, 0.15) is 24.8 Å². The molecule has 1 aromatic heterocycles. The number of hydrogen-bond donors (Lipinski definition) is 1. The van der Waals surface area contributed by atoms with Crippen molar-refractivity contribution in [2.24, 2.45) is 5.92 Å². The Balaban J connectivity index is 1.27. The third-order valence-electron chi connectivity index (χ3n) is 5.54. The highest BCUT2D eigenvalue weighted by Crippen LogP contribution is 2.21. The largest absolute Gasteiger partial charge is 0.343 e. The Labute approximate surface area is 170 Å². The van der Waals surface area contributed by atoms with E-state index in [-0.39, 0.29) is 17.7 Å². The third kappa shape index (κ3) is 4.80. The van der Waals surface area contributed by atoms with Crippen LogP contribution < -0.4 is 5.32 Å². The number of aromatic nitrogens is 1. The summed E-state index contributed by atoms with van der Waals surface area (Å²) in [6, 6.07) is 21.7. The number of hydrogen-bond acceptors (Lipinski definition) is 3. The lowest BCUT2D eigenvalue weighted by molar-refractivity contribution is -0.134. The van der Waals surface area contributed by atoms with Gasteiger partial charge in [-0.3, -0.25) is 9.59 Å². The minimum atomic E-state index is -0.0820. The molecular weight excluding hydrogens is 362 g/mol. The van der Waals surface area contributed by atoms with E-state index in [4.69, 9.17) is 0 Å². The molecule has 0 spiro atoms. The van der Waals surface area contributed by atoms with Gasteiger partial charge < -0.3 is 10.2 Å². The number of fused-ring (bicyclic) bond motifs is 1. The van der Waals surface area contributed by atoms with Crippen molar-refractivity contribution in [2.75, 3.05) is 18.4 Å². The van der Waals surface area contributed by atoms with Gasteiger partial charge in [0.05, 0.1) is 5.52 Å². The number of carbonyl (C=O) groups excluding carboxylic acids is 2. The summed E-state index contributed by atoms with van der Waals surface area (Å²) in [6.07, 6.45) is 2.66. The Morgan fingerprint density at radius 2 is 1.66 bits per heavy atom. The lowest BCUT2D eigenvalue weighted by atomic mass is 9.95. The zero-order chi connectivity index (χ0) is 20.1. The molecule has 29 heavy (non-hydrogen) atoms. The zero-order valence-corrected chi connectivity index (χ0v) is 16.4. The first-order chi connectivity index (χ1) is 14.2. The molecule has 1 aliphatic heterocycles. The first kappa shape index (κ1) is 19.1. The number of likely N-dealkylation sites (tertiary alicyclic amines) is 1. The molecule has 5 nitrogen and oxygen atoms in total. The number of amides is 2. The molecule has 0 atom stereocenters. The number of carbonyl (C=O) groups is 2. The summed E-state index contributed by atoms with van der Waals surface area (Å²) >= 11 is 0. The zero-order valence-electron chi connectivity index (χ0n) is 16.4. The maximum Gasteiger partial charge on any atom is 0.228 e. The van der Waals surface area contributed by atoms with Crippen molar-refractivity contribution in [3.63, 3.8) is 0 Å². The van der Waals surface area contributed by atoms with Crippen molar-refractivity contribution in [1.82, 2.24) is 9.88 Å². The van der Waals surface area contributed by atoms with E-state index < -0.39 is 0 Å². The summed E-state index contributed by atoms with van der Waals surface area (Å²) in [5, 5.41) is 3.99. The van der Waals surface area contributed by atoms with Crippen LogP contribution in [-0.2, 0) is 16.0 Å². The number of aryl methyl sites for hydroxylation is 1. The third-order valence-corrected chi connectivity index (χ3v) is 5.54. The molecule has 3 aromatic rings. The molecule has 2 heterocycles. The van der Waals surface area contributed by atoms with E-state index in [9.17, 15) is 9.59 Å². The molecule has 0 aliphatic carbocycles. The van der Waals surface area contributed by atoms with Gasteiger partial charge in [0.2, 0.25) is 11.8 Å². The van der Waals surface area contributed by atoms with E-state index >= 15 is 0 Å². The maximum atomic E-state index is 12.6. The number of nitrogens with zero attached hydrogens (tertiary/aromatic N) is 2. The highest BCUT2D eigenvalue weighted by atomic mass is 16.2. The highest BCUT2D eigenvalue weighted by molar-refractivity contribution is 5.93. The second kappa shape index (κ2) is 8.86. The van der Waals surface area contributed by atoms with Crippen LogP contribution in [0.5, 0.6) is 0 Å². The normalized spacial score (nSPS) is 14.7. The Kier molecular flexibility index (Phi) is 5.84. The van der Waals surface area contributed by atoms with Gasteiger partial charge in [-0.25, -0.2) is 4.98 Å². The van der Waals surface area contributed by atoms with Gasteiger partial charge in [0, 0.05) is 30.8 Å². The number of piperidine rings is 1. The first-order valence-corrected chi connectivity index (χ1v) is 10.2. The molecule has 4 rings (SSSR count). The van der Waals surface area contributed by atoms with Crippen LogP contribution in [0.25, 0.3) is 10.9 Å². The van der Waals surface area contributed by atoms with E-state index in [1.165, 1.54) is 5.56 Å². The average Bonchev–Trinajstić information content (AvgIpc) is 2.78. The predicted octanol–water partition coefficient (Wildman–Crippen LogP) is 4.04. The number of nitrogens with one attached hydrogen (secondary N) is 1. The molecule has 1 N–H and O–H groups in total. The summed E-state index contributed by atoms with van der Waals surface area (Å²) in [5.41, 5.74) is 2.04. The fraction of sp³-hybridized carbons (Fsp3) is 0.292. The summed E-state index contributed by atoms with van der Waals surface area (Å²) < 4.78 is 0. The van der Waals surface area contributed by atoms with Crippen LogP contribution in [0.3, 0.4) is 0 Å². The average molecular weight is 387 g/mol. The Morgan fingerprint density at radius 3 is 2.45 bits per heavy atom. The molecule has 148 valence electrons. The lowest BCUT2D eigenvalue weighted by Gasteiger charge is -2.31. The lowest BCUT2D eigenvalue weighted by Crippen LogP contribution is -2.41. The van der Waals surface area contributed by atoms with Crippen molar-refractivity contribution in [3.8, 4) is 0 Å². The van der Waals surface area contributed by atoms with E-state index in [2.05, 4.69) is 10.3 Å². The second-order valence-corrected chi connectivity index (χ2v) is 7.52. The van der Waals surface area contributed by atoms with Crippen molar-refractivity contribution in [3.05, 3.63) is 72.3 Å².